The molecule has 0 aliphatic heterocycles. The molecule has 0 amide bonds. The topological polar surface area (TPSA) is 0 Å². The molecule has 0 N–H and O–H groups in total. The van der Waals surface area contributed by atoms with Gasteiger partial charge in [-0.2, -0.15) is 10.8 Å². The molecule has 0 unspecified atom stereocenters. The molecule has 71 valence electrons. The van der Waals surface area contributed by atoms with E-state index in [0.717, 1.165) is 0 Å². The number of rotatable bonds is 0. The maximum absolute atomic E-state index is 2.38. The van der Waals surface area contributed by atoms with Gasteiger partial charge in [-0.05, 0) is 0 Å². The SMILES string of the molecule is CC(C)(C)[CH-]C(C)(C)C.[Y].[Y].[Y].[Y].[Y]. The number of hydrogen-bond acceptors (Lipinski definition) is 0. The van der Waals surface area contributed by atoms with Gasteiger partial charge in [0.25, 0.3) is 0 Å². The summed E-state index contributed by atoms with van der Waals surface area (Å²) in [7, 11) is 0. The molecule has 0 aromatic carbocycles. The monoisotopic (exact) mass is 572 g/mol. The minimum Gasteiger partial charge on any atom is -0.318 e. The van der Waals surface area contributed by atoms with Crippen LogP contribution in [0.15, 0.2) is 0 Å². The molecule has 0 rings (SSSR count). The molecular formula is C9H19Y5-. The third-order valence-corrected chi connectivity index (χ3v) is 0.866. The minimum absolute atomic E-state index is 0. The van der Waals surface area contributed by atoms with E-state index in [-0.39, 0.29) is 164 Å². The van der Waals surface area contributed by atoms with Crippen molar-refractivity contribution < 1.29 is 164 Å². The summed E-state index contributed by atoms with van der Waals surface area (Å²) in [5.41, 5.74) is 0.719. The zero-order valence-electron chi connectivity index (χ0n) is 10.5. The Bertz CT molecular complexity index is 78.4. The molecule has 0 aromatic heterocycles. The summed E-state index contributed by atoms with van der Waals surface area (Å²) >= 11 is 0. The second kappa shape index (κ2) is 16.6. The fourth-order valence-electron chi connectivity index (χ4n) is 1.30. The van der Waals surface area contributed by atoms with E-state index >= 15 is 0 Å². The van der Waals surface area contributed by atoms with Gasteiger partial charge in [0.15, 0.2) is 0 Å². The molecule has 0 fully saturated rings. The van der Waals surface area contributed by atoms with Gasteiger partial charge in [-0.15, -0.1) is 0 Å². The van der Waals surface area contributed by atoms with Gasteiger partial charge in [-0.25, -0.2) is 0 Å². The van der Waals surface area contributed by atoms with Gasteiger partial charge in [0.05, 0.1) is 0 Å². The van der Waals surface area contributed by atoms with Crippen LogP contribution in [0.25, 0.3) is 0 Å². The molecule has 14 heavy (non-hydrogen) atoms. The maximum atomic E-state index is 2.38. The van der Waals surface area contributed by atoms with E-state index < -0.39 is 0 Å². The molecule has 0 aliphatic carbocycles. The van der Waals surface area contributed by atoms with Crippen molar-refractivity contribution >= 4 is 0 Å². The van der Waals surface area contributed by atoms with E-state index in [2.05, 4.69) is 48.0 Å². The van der Waals surface area contributed by atoms with Crippen LogP contribution in [0.1, 0.15) is 41.5 Å². The van der Waals surface area contributed by atoms with Crippen molar-refractivity contribution in [3.8, 4) is 0 Å². The summed E-state index contributed by atoms with van der Waals surface area (Å²) in [6.07, 6.45) is 2.38. The molecule has 0 saturated heterocycles. The van der Waals surface area contributed by atoms with Crippen molar-refractivity contribution in [3.63, 3.8) is 0 Å². The molecule has 5 heteroatoms. The summed E-state index contributed by atoms with van der Waals surface area (Å²) in [5.74, 6) is 0. The molecule has 0 heterocycles. The zero-order valence-corrected chi connectivity index (χ0v) is 24.7. The van der Waals surface area contributed by atoms with Crippen molar-refractivity contribution in [2.45, 2.75) is 41.5 Å². The van der Waals surface area contributed by atoms with Gasteiger partial charge in [-0.1, -0.05) is 41.5 Å². The predicted octanol–water partition coefficient (Wildman–Crippen LogP) is 3.27. The Kier molecular flexibility index (Phi) is 43.4. The second-order valence-corrected chi connectivity index (χ2v) is 4.88. The van der Waals surface area contributed by atoms with Crippen LogP contribution in [0, 0.1) is 17.3 Å². The molecule has 5 radical (unpaired) electrons. The van der Waals surface area contributed by atoms with Crippen LogP contribution >= 0.6 is 0 Å². The van der Waals surface area contributed by atoms with Crippen LogP contribution in [-0.2, 0) is 164 Å². The Morgan fingerprint density at radius 2 is 0.643 bits per heavy atom. The Labute approximate surface area is 217 Å². The molecule has 0 bridgehead atoms. The van der Waals surface area contributed by atoms with E-state index in [1.807, 2.05) is 0 Å². The zero-order chi connectivity index (χ0) is 7.71. The number of hydrogen-bond donors (Lipinski definition) is 0. The van der Waals surface area contributed by atoms with Crippen LogP contribution in [0.4, 0.5) is 0 Å². The van der Waals surface area contributed by atoms with Gasteiger partial charge >= 0.3 is 0 Å². The Morgan fingerprint density at radius 1 is 0.500 bits per heavy atom. The van der Waals surface area contributed by atoms with E-state index in [1.165, 1.54) is 0 Å². The van der Waals surface area contributed by atoms with Crippen molar-refractivity contribution in [2.75, 3.05) is 0 Å². The summed E-state index contributed by atoms with van der Waals surface area (Å²) in [6, 6.07) is 0. The van der Waals surface area contributed by atoms with Crippen molar-refractivity contribution in [1.29, 1.82) is 0 Å². The molecule has 0 saturated carbocycles. The molecular weight excluding hydrogens is 553 g/mol. The molecule has 0 nitrogen and oxygen atoms in total. The largest absolute Gasteiger partial charge is 0.318 e. The Balaban J connectivity index is -0.0000000320. The average molecular weight is 572 g/mol. The first-order valence-electron chi connectivity index (χ1n) is 3.58. The van der Waals surface area contributed by atoms with Crippen molar-refractivity contribution in [3.05, 3.63) is 6.42 Å². The fraction of sp³-hybridized carbons (Fsp3) is 0.889. The van der Waals surface area contributed by atoms with E-state index in [9.17, 15) is 0 Å². The van der Waals surface area contributed by atoms with Crippen LogP contribution < -0.4 is 0 Å². The van der Waals surface area contributed by atoms with Crippen LogP contribution in [0.2, 0.25) is 0 Å². The quantitative estimate of drug-likeness (QED) is 0.392. The normalized spacial score (nSPS) is 9.00. The van der Waals surface area contributed by atoms with Gasteiger partial charge in [0.2, 0.25) is 0 Å². The van der Waals surface area contributed by atoms with Gasteiger partial charge in [0, 0.05) is 164 Å². The van der Waals surface area contributed by atoms with Crippen LogP contribution in [0.5, 0.6) is 0 Å². The first-order valence-corrected chi connectivity index (χ1v) is 3.58. The summed E-state index contributed by atoms with van der Waals surface area (Å²) < 4.78 is 0. The maximum Gasteiger partial charge on any atom is 0 e. The van der Waals surface area contributed by atoms with E-state index in [1.54, 1.807) is 0 Å². The van der Waals surface area contributed by atoms with Gasteiger partial charge in [-0.3, -0.25) is 0 Å². The summed E-state index contributed by atoms with van der Waals surface area (Å²) in [4.78, 5) is 0. The van der Waals surface area contributed by atoms with Gasteiger partial charge < -0.3 is 6.42 Å². The first-order chi connectivity index (χ1) is 3.71. The molecule has 0 aromatic rings. The molecule has 0 aliphatic rings. The first kappa shape index (κ1) is 36.6. The standard InChI is InChI=1S/C9H19.5Y/c1-8(2,3)7-9(4,5)6;;;;;/h7H,1-6H3;;;;;/q-1;;;;;. The van der Waals surface area contributed by atoms with Crippen LogP contribution in [0.3, 0.4) is 0 Å². The minimum atomic E-state index is 0. The predicted molar refractivity (Wildman–Crippen MR) is 43.2 cm³/mol. The summed E-state index contributed by atoms with van der Waals surface area (Å²) in [5, 5.41) is 0. The third-order valence-electron chi connectivity index (χ3n) is 0.866. The van der Waals surface area contributed by atoms with E-state index in [0.29, 0.717) is 10.8 Å². The second-order valence-electron chi connectivity index (χ2n) is 4.88. The average Bonchev–Trinajstić information content (AvgIpc) is 1.14. The third kappa shape index (κ3) is 36.0. The van der Waals surface area contributed by atoms with Crippen LogP contribution in [-0.4, -0.2) is 0 Å². The van der Waals surface area contributed by atoms with Crippen molar-refractivity contribution in [2.24, 2.45) is 10.8 Å². The van der Waals surface area contributed by atoms with Gasteiger partial charge in [0.1, 0.15) is 0 Å². The summed E-state index contributed by atoms with van der Waals surface area (Å²) in [6.45, 7) is 13.4. The fourth-order valence-corrected chi connectivity index (χ4v) is 1.30. The Hall–Kier alpha value is 5.52. The van der Waals surface area contributed by atoms with Crippen molar-refractivity contribution in [1.82, 2.24) is 0 Å². The molecule has 0 spiro atoms. The smallest absolute Gasteiger partial charge is 0 e. The van der Waals surface area contributed by atoms with E-state index in [4.69, 9.17) is 0 Å². The Morgan fingerprint density at radius 3 is 0.643 bits per heavy atom. The molecule has 0 atom stereocenters.